The molecule has 3 unspecified atom stereocenters. The lowest BCUT2D eigenvalue weighted by molar-refractivity contribution is -0.128. The van der Waals surface area contributed by atoms with E-state index >= 15 is 0 Å². The number of nitriles is 1. The van der Waals surface area contributed by atoms with Gasteiger partial charge in [-0.05, 0) is 74.4 Å². The minimum absolute atomic E-state index is 0.171. The van der Waals surface area contributed by atoms with Crippen LogP contribution in [0.5, 0.6) is 6.01 Å². The van der Waals surface area contributed by atoms with Crippen molar-refractivity contribution in [2.45, 2.75) is 50.1 Å². The Kier molecular flexibility index (Phi) is 6.99. The first-order valence-corrected chi connectivity index (χ1v) is 15.2. The van der Waals surface area contributed by atoms with Gasteiger partial charge >= 0.3 is 6.01 Å². The highest BCUT2D eigenvalue weighted by Crippen LogP contribution is 2.58. The number of carbonyl (C=O) groups excluding carboxylic acids is 1. The molecular formula is C32H34ClN7O2. The first-order valence-electron chi connectivity index (χ1n) is 14.8. The molecule has 2 aromatic heterocycles. The van der Waals surface area contributed by atoms with Crippen molar-refractivity contribution in [3.05, 3.63) is 53.1 Å². The van der Waals surface area contributed by atoms with Crippen LogP contribution in [0.15, 0.2) is 36.9 Å². The summed E-state index contributed by atoms with van der Waals surface area (Å²) in [4.78, 5) is 33.4. The molecule has 3 fully saturated rings. The third kappa shape index (κ3) is 4.77. The van der Waals surface area contributed by atoms with E-state index in [4.69, 9.17) is 31.3 Å². The zero-order chi connectivity index (χ0) is 29.0. The number of benzene rings is 1. The van der Waals surface area contributed by atoms with Crippen LogP contribution in [0.1, 0.15) is 42.7 Å². The molecule has 9 nitrogen and oxygen atoms in total. The van der Waals surface area contributed by atoms with E-state index < -0.39 is 0 Å². The number of hydrogen-bond acceptors (Lipinski definition) is 8. The number of fused-ring (bicyclic) bond motifs is 4. The largest absolute Gasteiger partial charge is 0.462 e. The fraction of sp³-hybridized carbons (Fsp3) is 0.469. The van der Waals surface area contributed by atoms with E-state index in [-0.39, 0.29) is 24.4 Å². The van der Waals surface area contributed by atoms with Gasteiger partial charge in [0.05, 0.1) is 34.6 Å². The average molecular weight is 584 g/mol. The molecule has 4 aliphatic rings. The van der Waals surface area contributed by atoms with Crippen molar-refractivity contribution in [1.82, 2.24) is 24.8 Å². The van der Waals surface area contributed by atoms with Gasteiger partial charge in [0, 0.05) is 31.2 Å². The molecule has 42 heavy (non-hydrogen) atoms. The number of amides is 1. The lowest BCUT2D eigenvalue weighted by Crippen LogP contribution is -2.55. The van der Waals surface area contributed by atoms with Crippen LogP contribution >= 0.6 is 11.6 Å². The first-order chi connectivity index (χ1) is 20.4. The van der Waals surface area contributed by atoms with E-state index in [1.54, 1.807) is 4.90 Å². The highest BCUT2D eigenvalue weighted by Gasteiger charge is 2.46. The van der Waals surface area contributed by atoms with Crippen molar-refractivity contribution in [2.75, 3.05) is 44.7 Å². The van der Waals surface area contributed by atoms with E-state index in [2.05, 4.69) is 47.7 Å². The Morgan fingerprint density at radius 2 is 2.12 bits per heavy atom. The second kappa shape index (κ2) is 10.8. The summed E-state index contributed by atoms with van der Waals surface area (Å²) in [5, 5.41) is 10.8. The Morgan fingerprint density at radius 1 is 1.24 bits per heavy atom. The van der Waals surface area contributed by atoms with Gasteiger partial charge in [-0.15, -0.1) is 0 Å². The molecule has 4 atom stereocenters. The number of likely N-dealkylation sites (tertiary alicyclic amines) is 1. The maximum atomic E-state index is 12.5. The van der Waals surface area contributed by atoms with Crippen molar-refractivity contribution in [2.24, 2.45) is 5.92 Å². The molecule has 0 radical (unpaired) electrons. The lowest BCUT2D eigenvalue weighted by atomic mass is 9.97. The van der Waals surface area contributed by atoms with Gasteiger partial charge < -0.3 is 19.4 Å². The topological polar surface area (TPSA) is 98.5 Å². The number of likely N-dealkylation sites (N-methyl/N-ethyl adjacent to an activating group) is 1. The number of rotatable bonds is 7. The van der Waals surface area contributed by atoms with Gasteiger partial charge in [-0.3, -0.25) is 4.79 Å². The van der Waals surface area contributed by atoms with E-state index in [1.165, 1.54) is 23.6 Å². The number of halogens is 1. The molecule has 2 aliphatic heterocycles. The quantitative estimate of drug-likeness (QED) is 0.372. The zero-order valence-electron chi connectivity index (χ0n) is 23.8. The van der Waals surface area contributed by atoms with Gasteiger partial charge in [-0.25, -0.2) is 4.98 Å². The molecule has 2 aliphatic carbocycles. The summed E-state index contributed by atoms with van der Waals surface area (Å²) in [5.41, 5.74) is 5.14. The number of hydrogen-bond donors (Lipinski definition) is 0. The van der Waals surface area contributed by atoms with E-state index in [9.17, 15) is 10.1 Å². The number of carbonyl (C=O) groups is 1. The maximum Gasteiger partial charge on any atom is 0.320 e. The Balaban J connectivity index is 1.29. The zero-order valence-corrected chi connectivity index (χ0v) is 24.6. The minimum atomic E-state index is -0.295. The van der Waals surface area contributed by atoms with Crippen molar-refractivity contribution in [1.29, 1.82) is 5.26 Å². The number of anilines is 1. The number of piperazine rings is 1. The number of aromatic nitrogens is 3. The van der Waals surface area contributed by atoms with E-state index in [1.807, 2.05) is 6.07 Å². The molecule has 216 valence electrons. The van der Waals surface area contributed by atoms with Gasteiger partial charge in [-0.2, -0.15) is 15.2 Å². The smallest absolute Gasteiger partial charge is 0.320 e. The van der Waals surface area contributed by atoms with Crippen LogP contribution in [-0.4, -0.2) is 82.6 Å². The standard InChI is InChI=1S/C32H34ClN7O2/c1-3-27(41)40-13-12-39(17-21(40)9-10-34)31-25-16-26(33)29(23-8-4-6-19-14-20-15-24(20)28(19)23)35-30(25)36-32(37-31)42-18-22-7-5-11-38(22)2/h3-4,6,8,16,20-22,24H,1,5,7,9,11-15,17-18H2,2H3/t20?,21-,22?,24?/m0/s1. The summed E-state index contributed by atoms with van der Waals surface area (Å²) in [5.74, 6) is 1.83. The Labute approximate surface area is 250 Å². The van der Waals surface area contributed by atoms with Gasteiger partial charge in [0.2, 0.25) is 5.91 Å². The first kappa shape index (κ1) is 27.1. The van der Waals surface area contributed by atoms with E-state index in [0.29, 0.717) is 54.7 Å². The summed E-state index contributed by atoms with van der Waals surface area (Å²) in [6.07, 6.45) is 6.10. The van der Waals surface area contributed by atoms with Gasteiger partial charge in [0.25, 0.3) is 0 Å². The average Bonchev–Trinajstić information content (AvgIpc) is 3.47. The molecule has 2 saturated heterocycles. The van der Waals surface area contributed by atoms with Gasteiger partial charge in [0.1, 0.15) is 12.4 Å². The lowest BCUT2D eigenvalue weighted by Gasteiger charge is -2.41. The van der Waals surface area contributed by atoms with Crippen molar-refractivity contribution >= 4 is 34.4 Å². The molecule has 7 rings (SSSR count). The Morgan fingerprint density at radius 3 is 2.90 bits per heavy atom. The fourth-order valence-corrected chi connectivity index (χ4v) is 7.38. The fourth-order valence-electron chi connectivity index (χ4n) is 7.13. The predicted molar refractivity (Wildman–Crippen MR) is 162 cm³/mol. The molecule has 1 amide bonds. The van der Waals surface area contributed by atoms with Gasteiger partial charge in [-0.1, -0.05) is 36.4 Å². The molecular weight excluding hydrogens is 550 g/mol. The molecule has 4 heterocycles. The number of pyridine rings is 1. The van der Waals surface area contributed by atoms with E-state index in [0.717, 1.165) is 48.4 Å². The SMILES string of the molecule is C=CC(=O)N1CCN(c2nc(OCC3CCCN3C)nc3nc(-c4cccc5c4C4CC4C5)c(Cl)cc23)C[C@@H]1CC#N. The van der Waals surface area contributed by atoms with Crippen LogP contribution < -0.4 is 9.64 Å². The molecule has 0 N–H and O–H groups in total. The third-order valence-corrected chi connectivity index (χ3v) is 9.76. The van der Waals surface area contributed by atoms with Crippen LogP contribution in [0.3, 0.4) is 0 Å². The minimum Gasteiger partial charge on any atom is -0.462 e. The van der Waals surface area contributed by atoms with Crippen molar-refractivity contribution in [3.63, 3.8) is 0 Å². The predicted octanol–water partition coefficient (Wildman–Crippen LogP) is 4.59. The van der Waals surface area contributed by atoms with Crippen LogP contribution in [-0.2, 0) is 11.2 Å². The second-order valence-corrected chi connectivity index (χ2v) is 12.4. The second-order valence-electron chi connectivity index (χ2n) is 12.0. The Bertz CT molecular complexity index is 1620. The highest BCUT2D eigenvalue weighted by molar-refractivity contribution is 6.34. The summed E-state index contributed by atoms with van der Waals surface area (Å²) >= 11 is 7.00. The summed E-state index contributed by atoms with van der Waals surface area (Å²) in [6.45, 7) is 6.61. The summed E-state index contributed by atoms with van der Waals surface area (Å²) in [7, 11) is 2.12. The van der Waals surface area contributed by atoms with Crippen LogP contribution in [0, 0.1) is 17.2 Å². The molecule has 0 bridgehead atoms. The maximum absolute atomic E-state index is 12.5. The summed E-state index contributed by atoms with van der Waals surface area (Å²) in [6, 6.07) is 10.9. The third-order valence-electron chi connectivity index (χ3n) is 9.47. The van der Waals surface area contributed by atoms with Crippen LogP contribution in [0.25, 0.3) is 22.3 Å². The number of nitrogens with zero attached hydrogens (tertiary/aromatic N) is 7. The van der Waals surface area contributed by atoms with Crippen LogP contribution in [0.2, 0.25) is 5.02 Å². The Hall–Kier alpha value is -3.74. The number of ether oxygens (including phenoxy) is 1. The molecule has 3 aromatic rings. The highest BCUT2D eigenvalue weighted by atomic mass is 35.5. The van der Waals surface area contributed by atoms with Gasteiger partial charge in [0.15, 0.2) is 5.65 Å². The monoisotopic (exact) mass is 583 g/mol. The molecule has 10 heteroatoms. The van der Waals surface area contributed by atoms with Crippen molar-refractivity contribution in [3.8, 4) is 23.3 Å². The van der Waals surface area contributed by atoms with Crippen LogP contribution in [0.4, 0.5) is 5.82 Å². The molecule has 1 saturated carbocycles. The summed E-state index contributed by atoms with van der Waals surface area (Å²) < 4.78 is 6.23. The normalized spacial score (nSPS) is 24.8. The van der Waals surface area contributed by atoms with Crippen molar-refractivity contribution < 1.29 is 9.53 Å². The molecule has 1 aromatic carbocycles. The molecule has 0 spiro atoms.